The highest BCUT2D eigenvalue weighted by Crippen LogP contribution is 2.16. The van der Waals surface area contributed by atoms with Crippen molar-refractivity contribution in [3.05, 3.63) is 65.7 Å². The summed E-state index contributed by atoms with van der Waals surface area (Å²) >= 11 is 0. The second-order valence-corrected chi connectivity index (χ2v) is 7.56. The fraction of sp³-hybridized carbons (Fsp3) is 0.222. The fourth-order valence-electron chi connectivity index (χ4n) is 2.40. The number of carbonyl (C=O) groups excluding carboxylic acids is 2. The number of hydrogen-bond acceptors (Lipinski definition) is 4. The van der Waals surface area contributed by atoms with Crippen LogP contribution in [0.3, 0.4) is 0 Å². The Hall–Kier alpha value is -2.87. The van der Waals surface area contributed by atoms with Crippen molar-refractivity contribution in [2.45, 2.75) is 19.4 Å². The zero-order chi connectivity index (χ0) is 19.2. The summed E-state index contributed by atoms with van der Waals surface area (Å²) in [5.74, 6) is -1.24. The molecule has 1 atom stereocenters. The van der Waals surface area contributed by atoms with Gasteiger partial charge in [-0.3, -0.25) is 14.3 Å². The summed E-state index contributed by atoms with van der Waals surface area (Å²) in [4.78, 5) is 24.2. The number of amides is 2. The summed E-state index contributed by atoms with van der Waals surface area (Å²) in [5.41, 5.74) is 6.45. The Labute approximate surface area is 152 Å². The monoisotopic (exact) mass is 375 g/mol. The molecule has 0 aromatic heterocycles. The number of anilines is 1. The summed E-state index contributed by atoms with van der Waals surface area (Å²) in [6.45, 7) is 1.76. The van der Waals surface area contributed by atoms with Crippen molar-refractivity contribution >= 4 is 27.5 Å². The first-order valence-corrected chi connectivity index (χ1v) is 9.73. The van der Waals surface area contributed by atoms with Gasteiger partial charge in [-0.25, -0.2) is 8.42 Å². The van der Waals surface area contributed by atoms with Gasteiger partial charge >= 0.3 is 0 Å². The third kappa shape index (κ3) is 5.32. The third-order valence-corrected chi connectivity index (χ3v) is 5.06. The topological polar surface area (TPSA) is 118 Å². The lowest BCUT2D eigenvalue weighted by Crippen LogP contribution is -2.37. The van der Waals surface area contributed by atoms with E-state index < -0.39 is 27.9 Å². The minimum Gasteiger partial charge on any atom is -0.368 e. The van der Waals surface area contributed by atoms with Crippen molar-refractivity contribution in [2.24, 2.45) is 5.73 Å². The smallest absolute Gasteiger partial charge is 0.252 e. The number of benzene rings is 2. The lowest BCUT2D eigenvalue weighted by Gasteiger charge is -2.16. The Balaban J connectivity index is 2.19. The molecule has 7 nitrogen and oxygen atoms in total. The van der Waals surface area contributed by atoms with Crippen molar-refractivity contribution in [3.8, 4) is 0 Å². The molecule has 138 valence electrons. The molecule has 0 saturated heterocycles. The molecular formula is C18H21N3O4S. The van der Waals surface area contributed by atoms with Gasteiger partial charge in [0.2, 0.25) is 15.9 Å². The van der Waals surface area contributed by atoms with E-state index in [4.69, 9.17) is 5.73 Å². The molecular weight excluding hydrogens is 354 g/mol. The number of sulfonamides is 1. The van der Waals surface area contributed by atoms with Crippen LogP contribution in [0, 0.1) is 0 Å². The van der Waals surface area contributed by atoms with Gasteiger partial charge in [-0.05, 0) is 30.2 Å². The quantitative estimate of drug-likeness (QED) is 0.652. The fourth-order valence-corrected chi connectivity index (χ4v) is 3.53. The van der Waals surface area contributed by atoms with Crippen LogP contribution in [0.15, 0.2) is 54.6 Å². The van der Waals surface area contributed by atoms with E-state index in [1.54, 1.807) is 49.4 Å². The predicted octanol–water partition coefficient (Wildman–Crippen LogP) is 1.79. The Kier molecular flexibility index (Phi) is 6.35. The molecule has 0 aliphatic carbocycles. The van der Waals surface area contributed by atoms with Gasteiger partial charge in [0.05, 0.1) is 5.75 Å². The van der Waals surface area contributed by atoms with Crippen molar-refractivity contribution in [1.29, 1.82) is 0 Å². The second-order valence-electron chi connectivity index (χ2n) is 5.72. The lowest BCUT2D eigenvalue weighted by atomic mass is 10.1. The highest BCUT2D eigenvalue weighted by atomic mass is 32.2. The second kappa shape index (κ2) is 8.48. The van der Waals surface area contributed by atoms with Gasteiger partial charge in [-0.1, -0.05) is 43.3 Å². The zero-order valence-corrected chi connectivity index (χ0v) is 15.1. The van der Waals surface area contributed by atoms with Crippen LogP contribution in [0.2, 0.25) is 0 Å². The largest absolute Gasteiger partial charge is 0.368 e. The Morgan fingerprint density at radius 2 is 1.77 bits per heavy atom. The molecule has 8 heteroatoms. The number of rotatable bonds is 8. The minimum absolute atomic E-state index is 0.0127. The van der Waals surface area contributed by atoms with Gasteiger partial charge in [-0.15, -0.1) is 0 Å². The van der Waals surface area contributed by atoms with Gasteiger partial charge in [-0.2, -0.15) is 0 Å². The molecule has 1 unspecified atom stereocenters. The molecule has 0 radical (unpaired) electrons. The van der Waals surface area contributed by atoms with Crippen molar-refractivity contribution in [3.63, 3.8) is 0 Å². The molecule has 0 saturated carbocycles. The van der Waals surface area contributed by atoms with Gasteiger partial charge in [0.15, 0.2) is 0 Å². The molecule has 2 rings (SSSR count). The standard InChI is InChI=1S/C18H21N3O4S/c1-2-11-26(24,25)21-15-10-6-9-14(12-15)18(23)20-16(17(19)22)13-7-4-3-5-8-13/h3-10,12,16,21H,2,11H2,1H3,(H2,19,22)(H,20,23). The number of nitrogens with one attached hydrogen (secondary N) is 2. The molecule has 0 heterocycles. The van der Waals surface area contributed by atoms with E-state index in [0.717, 1.165) is 0 Å². The molecule has 2 aromatic carbocycles. The van der Waals surface area contributed by atoms with E-state index >= 15 is 0 Å². The van der Waals surface area contributed by atoms with E-state index in [9.17, 15) is 18.0 Å². The van der Waals surface area contributed by atoms with E-state index in [1.165, 1.54) is 12.1 Å². The third-order valence-electron chi connectivity index (χ3n) is 3.56. The molecule has 26 heavy (non-hydrogen) atoms. The summed E-state index contributed by atoms with van der Waals surface area (Å²) in [6.07, 6.45) is 0.479. The lowest BCUT2D eigenvalue weighted by molar-refractivity contribution is -0.120. The summed E-state index contributed by atoms with van der Waals surface area (Å²) in [6, 6.07) is 13.7. The van der Waals surface area contributed by atoms with Crippen LogP contribution >= 0.6 is 0 Å². The maximum absolute atomic E-state index is 12.5. The van der Waals surface area contributed by atoms with Crippen LogP contribution < -0.4 is 15.8 Å². The van der Waals surface area contributed by atoms with Gasteiger partial charge in [0, 0.05) is 11.3 Å². The molecule has 0 bridgehead atoms. The van der Waals surface area contributed by atoms with E-state index in [1.807, 2.05) is 0 Å². The highest BCUT2D eigenvalue weighted by Gasteiger charge is 2.21. The normalized spacial score (nSPS) is 12.2. The van der Waals surface area contributed by atoms with Crippen LogP contribution in [0.25, 0.3) is 0 Å². The first-order chi connectivity index (χ1) is 12.3. The molecule has 0 fully saturated rings. The average molecular weight is 375 g/mol. The van der Waals surface area contributed by atoms with Crippen molar-refractivity contribution in [1.82, 2.24) is 5.32 Å². The maximum Gasteiger partial charge on any atom is 0.252 e. The predicted molar refractivity (Wildman–Crippen MR) is 100.0 cm³/mol. The van der Waals surface area contributed by atoms with Crippen LogP contribution in [-0.2, 0) is 14.8 Å². The number of nitrogens with two attached hydrogens (primary N) is 1. The Morgan fingerprint density at radius 3 is 2.38 bits per heavy atom. The molecule has 2 amide bonds. The van der Waals surface area contributed by atoms with Crippen molar-refractivity contribution in [2.75, 3.05) is 10.5 Å². The van der Waals surface area contributed by atoms with Crippen LogP contribution in [0.5, 0.6) is 0 Å². The maximum atomic E-state index is 12.5. The van der Waals surface area contributed by atoms with Crippen LogP contribution in [0.1, 0.15) is 35.3 Å². The molecule has 0 spiro atoms. The summed E-state index contributed by atoms with van der Waals surface area (Å²) in [5, 5.41) is 2.57. The molecule has 0 aliphatic heterocycles. The molecule has 2 aromatic rings. The van der Waals surface area contributed by atoms with Gasteiger partial charge < -0.3 is 11.1 Å². The Bertz CT molecular complexity index is 882. The van der Waals surface area contributed by atoms with E-state index in [2.05, 4.69) is 10.0 Å². The van der Waals surface area contributed by atoms with Gasteiger partial charge in [0.25, 0.3) is 5.91 Å². The summed E-state index contributed by atoms with van der Waals surface area (Å²) < 4.78 is 26.1. The number of hydrogen-bond donors (Lipinski definition) is 3. The van der Waals surface area contributed by atoms with Crippen molar-refractivity contribution < 1.29 is 18.0 Å². The highest BCUT2D eigenvalue weighted by molar-refractivity contribution is 7.92. The summed E-state index contributed by atoms with van der Waals surface area (Å²) in [7, 11) is -3.46. The van der Waals surface area contributed by atoms with Gasteiger partial charge in [0.1, 0.15) is 6.04 Å². The number of primary amides is 1. The first kappa shape index (κ1) is 19.5. The number of carbonyl (C=O) groups is 2. The SMILES string of the molecule is CCCS(=O)(=O)Nc1cccc(C(=O)NC(C(N)=O)c2ccccc2)c1. The zero-order valence-electron chi connectivity index (χ0n) is 14.3. The minimum atomic E-state index is -3.46. The van der Waals surface area contributed by atoms with E-state index in [-0.39, 0.29) is 17.0 Å². The first-order valence-electron chi connectivity index (χ1n) is 8.08. The molecule has 0 aliphatic rings. The Morgan fingerprint density at radius 1 is 1.08 bits per heavy atom. The molecule has 4 N–H and O–H groups in total. The van der Waals surface area contributed by atoms with E-state index in [0.29, 0.717) is 12.0 Å². The van der Waals surface area contributed by atoms with Crippen LogP contribution in [0.4, 0.5) is 5.69 Å². The van der Waals surface area contributed by atoms with Crippen LogP contribution in [-0.4, -0.2) is 26.0 Å². The average Bonchev–Trinajstić information content (AvgIpc) is 2.59.